The molecule has 0 fully saturated rings. The Bertz CT molecular complexity index is 426. The molecular weight excluding hydrogens is 228 g/mol. The van der Waals surface area contributed by atoms with Gasteiger partial charge in [-0.05, 0) is 27.7 Å². The van der Waals surface area contributed by atoms with Crippen LogP contribution in [0.15, 0.2) is 6.33 Å². The van der Waals surface area contributed by atoms with E-state index in [4.69, 9.17) is 5.73 Å². The summed E-state index contributed by atoms with van der Waals surface area (Å²) in [6.07, 6.45) is 1.76. The predicted molar refractivity (Wildman–Crippen MR) is 71.2 cm³/mol. The van der Waals surface area contributed by atoms with E-state index in [2.05, 4.69) is 10.1 Å². The molecule has 1 aromatic heterocycles. The Labute approximate surface area is 109 Å². The van der Waals surface area contributed by atoms with Crippen molar-refractivity contribution >= 4 is 5.78 Å². The molecule has 0 amide bonds. The highest BCUT2D eigenvalue weighted by Gasteiger charge is 2.40. The number of nitrogens with zero attached hydrogens (tertiary/aromatic N) is 3. The average molecular weight is 252 g/mol. The Morgan fingerprint density at radius 3 is 2.39 bits per heavy atom. The highest BCUT2D eigenvalue weighted by Crippen LogP contribution is 2.30. The molecule has 0 saturated carbocycles. The van der Waals surface area contributed by atoms with Gasteiger partial charge in [0.15, 0.2) is 0 Å². The van der Waals surface area contributed by atoms with Gasteiger partial charge in [0.25, 0.3) is 0 Å². The molecule has 0 aliphatic heterocycles. The minimum Gasteiger partial charge on any atom is -0.325 e. The Morgan fingerprint density at radius 2 is 1.94 bits per heavy atom. The standard InChI is InChI=1S/C13H24N4O/c1-9(2)17-11(15-8-16-17)7-10(18)12(3,4)13(5,6)14/h8-9H,7,14H2,1-6H3. The predicted octanol–water partition coefficient (Wildman–Crippen LogP) is 1.73. The summed E-state index contributed by atoms with van der Waals surface area (Å²) < 4.78 is 1.78. The van der Waals surface area contributed by atoms with Crippen LogP contribution in [-0.2, 0) is 11.2 Å². The lowest BCUT2D eigenvalue weighted by molar-refractivity contribution is -0.129. The number of aromatic nitrogens is 3. The first-order valence-electron chi connectivity index (χ1n) is 6.28. The molecule has 18 heavy (non-hydrogen) atoms. The first-order chi connectivity index (χ1) is 8.07. The lowest BCUT2D eigenvalue weighted by Crippen LogP contribution is -2.52. The van der Waals surface area contributed by atoms with Gasteiger partial charge in [0, 0.05) is 17.0 Å². The Hall–Kier alpha value is -1.23. The van der Waals surface area contributed by atoms with Crippen LogP contribution >= 0.6 is 0 Å². The molecule has 1 heterocycles. The first-order valence-corrected chi connectivity index (χ1v) is 6.28. The van der Waals surface area contributed by atoms with Gasteiger partial charge in [-0.3, -0.25) is 4.79 Å². The van der Waals surface area contributed by atoms with E-state index >= 15 is 0 Å². The van der Waals surface area contributed by atoms with Crippen LogP contribution in [0.1, 0.15) is 53.4 Å². The number of hydrogen-bond donors (Lipinski definition) is 1. The van der Waals surface area contributed by atoms with E-state index in [0.29, 0.717) is 5.82 Å². The lowest BCUT2D eigenvalue weighted by atomic mass is 9.71. The molecule has 0 unspecified atom stereocenters. The van der Waals surface area contributed by atoms with Gasteiger partial charge in [-0.25, -0.2) is 9.67 Å². The molecule has 0 spiro atoms. The SMILES string of the molecule is CC(C)n1ncnc1CC(=O)C(C)(C)C(C)(C)N. The fraction of sp³-hybridized carbons (Fsp3) is 0.769. The van der Waals surface area contributed by atoms with E-state index < -0.39 is 11.0 Å². The Morgan fingerprint density at radius 1 is 1.39 bits per heavy atom. The van der Waals surface area contributed by atoms with Crippen molar-refractivity contribution in [2.24, 2.45) is 11.1 Å². The van der Waals surface area contributed by atoms with Crippen LogP contribution in [0.4, 0.5) is 0 Å². The maximum atomic E-state index is 12.4. The minimum atomic E-state index is -0.596. The smallest absolute Gasteiger partial charge is 0.147 e. The second-order valence-electron chi connectivity index (χ2n) is 6.16. The molecule has 0 radical (unpaired) electrons. The molecule has 0 bridgehead atoms. The summed E-state index contributed by atoms with van der Waals surface area (Å²) >= 11 is 0. The molecular formula is C13H24N4O. The van der Waals surface area contributed by atoms with E-state index in [9.17, 15) is 4.79 Å². The number of rotatable bonds is 5. The zero-order chi connectivity index (χ0) is 14.1. The second kappa shape index (κ2) is 4.80. The third-order valence-corrected chi connectivity index (χ3v) is 3.76. The maximum absolute atomic E-state index is 12.4. The van der Waals surface area contributed by atoms with Gasteiger partial charge < -0.3 is 5.73 Å². The molecule has 0 atom stereocenters. The average Bonchev–Trinajstić information content (AvgIpc) is 2.63. The van der Waals surface area contributed by atoms with Gasteiger partial charge in [-0.2, -0.15) is 5.10 Å². The van der Waals surface area contributed by atoms with Crippen LogP contribution in [0.25, 0.3) is 0 Å². The number of ketones is 1. The van der Waals surface area contributed by atoms with Crippen LogP contribution in [0.2, 0.25) is 0 Å². The van der Waals surface area contributed by atoms with Crippen molar-refractivity contribution in [1.29, 1.82) is 0 Å². The van der Waals surface area contributed by atoms with Crippen molar-refractivity contribution < 1.29 is 4.79 Å². The normalized spacial score (nSPS) is 13.1. The molecule has 0 aromatic carbocycles. The number of carbonyl (C=O) groups is 1. The zero-order valence-corrected chi connectivity index (χ0v) is 12.2. The summed E-state index contributed by atoms with van der Waals surface area (Å²) in [6.45, 7) is 11.5. The Kier molecular flexibility index (Phi) is 3.96. The topological polar surface area (TPSA) is 73.8 Å². The third kappa shape index (κ3) is 2.77. The summed E-state index contributed by atoms with van der Waals surface area (Å²) in [4.78, 5) is 16.6. The minimum absolute atomic E-state index is 0.0879. The molecule has 1 aromatic rings. The number of Topliss-reactive ketones (excluding diaryl/α,β-unsaturated/α-hetero) is 1. The fourth-order valence-corrected chi connectivity index (χ4v) is 1.56. The molecule has 1 rings (SSSR count). The monoisotopic (exact) mass is 252 g/mol. The summed E-state index contributed by atoms with van der Waals surface area (Å²) in [7, 11) is 0. The van der Waals surface area contributed by atoms with Crippen molar-refractivity contribution in [2.45, 2.75) is 59.5 Å². The summed E-state index contributed by atoms with van der Waals surface area (Å²) in [6, 6.07) is 0.198. The van der Waals surface area contributed by atoms with Gasteiger partial charge in [0.1, 0.15) is 17.9 Å². The van der Waals surface area contributed by atoms with E-state index in [0.717, 1.165) is 0 Å². The lowest BCUT2D eigenvalue weighted by Gasteiger charge is -2.37. The van der Waals surface area contributed by atoms with E-state index in [1.807, 2.05) is 41.5 Å². The molecule has 5 nitrogen and oxygen atoms in total. The number of carbonyl (C=O) groups excluding carboxylic acids is 1. The third-order valence-electron chi connectivity index (χ3n) is 3.76. The summed E-state index contributed by atoms with van der Waals surface area (Å²) in [5.74, 6) is 0.789. The van der Waals surface area contributed by atoms with Crippen LogP contribution in [0.3, 0.4) is 0 Å². The van der Waals surface area contributed by atoms with Gasteiger partial charge >= 0.3 is 0 Å². The second-order valence-corrected chi connectivity index (χ2v) is 6.16. The van der Waals surface area contributed by atoms with Crippen LogP contribution in [0.5, 0.6) is 0 Å². The highest BCUT2D eigenvalue weighted by molar-refractivity contribution is 5.86. The molecule has 0 saturated heterocycles. The van der Waals surface area contributed by atoms with Crippen molar-refractivity contribution in [1.82, 2.24) is 14.8 Å². The number of hydrogen-bond acceptors (Lipinski definition) is 4. The van der Waals surface area contributed by atoms with E-state index in [-0.39, 0.29) is 18.2 Å². The first kappa shape index (κ1) is 14.8. The number of nitrogens with two attached hydrogens (primary N) is 1. The van der Waals surface area contributed by atoms with Crippen LogP contribution < -0.4 is 5.73 Å². The van der Waals surface area contributed by atoms with Crippen molar-refractivity contribution in [3.8, 4) is 0 Å². The molecule has 0 aliphatic rings. The van der Waals surface area contributed by atoms with Gasteiger partial charge in [0.05, 0.1) is 6.42 Å². The zero-order valence-electron chi connectivity index (χ0n) is 12.2. The summed E-state index contributed by atoms with van der Waals surface area (Å²) in [5, 5.41) is 4.14. The molecule has 102 valence electrons. The maximum Gasteiger partial charge on any atom is 0.147 e. The van der Waals surface area contributed by atoms with Crippen molar-refractivity contribution in [2.75, 3.05) is 0 Å². The van der Waals surface area contributed by atoms with E-state index in [1.165, 1.54) is 6.33 Å². The van der Waals surface area contributed by atoms with Crippen molar-refractivity contribution in [3.05, 3.63) is 12.2 Å². The highest BCUT2D eigenvalue weighted by atomic mass is 16.1. The van der Waals surface area contributed by atoms with Crippen LogP contribution in [0, 0.1) is 5.41 Å². The largest absolute Gasteiger partial charge is 0.325 e. The summed E-state index contributed by atoms with van der Waals surface area (Å²) in [5.41, 5.74) is 4.92. The van der Waals surface area contributed by atoms with E-state index in [1.54, 1.807) is 4.68 Å². The molecule has 5 heteroatoms. The fourth-order valence-electron chi connectivity index (χ4n) is 1.56. The molecule has 0 aliphatic carbocycles. The van der Waals surface area contributed by atoms with Gasteiger partial charge in [-0.15, -0.1) is 0 Å². The molecule has 2 N–H and O–H groups in total. The quantitative estimate of drug-likeness (QED) is 0.866. The van der Waals surface area contributed by atoms with Crippen LogP contribution in [-0.4, -0.2) is 26.1 Å². The van der Waals surface area contributed by atoms with Gasteiger partial charge in [-0.1, -0.05) is 13.8 Å². The van der Waals surface area contributed by atoms with Crippen molar-refractivity contribution in [3.63, 3.8) is 0 Å². The van der Waals surface area contributed by atoms with Gasteiger partial charge in [0.2, 0.25) is 0 Å². The Balaban J connectivity index is 2.92.